The molecule has 0 saturated heterocycles. The van der Waals surface area contributed by atoms with Crippen LogP contribution in [0.25, 0.3) is 99.5 Å². The number of hydrogen-bond acceptors (Lipinski definition) is 3. The maximum Gasteiger partial charge on any atom is 0.144 e. The van der Waals surface area contributed by atoms with Crippen LogP contribution in [0.3, 0.4) is 0 Å². The first-order valence-electron chi connectivity index (χ1n) is 28.0. The molecule has 2 aromatic heterocycles. The Morgan fingerprint density at radius 1 is 0.333 bits per heavy atom. The van der Waals surface area contributed by atoms with Crippen LogP contribution in [0.5, 0.6) is 0 Å². The molecule has 0 aliphatic heterocycles. The van der Waals surface area contributed by atoms with Gasteiger partial charge in [0.1, 0.15) is 22.3 Å². The van der Waals surface area contributed by atoms with Crippen molar-refractivity contribution in [3.63, 3.8) is 0 Å². The molecule has 2 heterocycles. The molecule has 0 spiro atoms. The van der Waals surface area contributed by atoms with Crippen LogP contribution in [0.15, 0.2) is 179 Å². The molecule has 4 aliphatic carbocycles. The monoisotopic (exact) mass is 1010 g/mol. The minimum Gasteiger partial charge on any atom is -0.455 e. The SMILES string of the molecule is Cc1cc(C)c(-c2cc3c(c4c2oc2ccccc24)-c2ccc(N(c4ccc5c(c4)C(C)(C)c4c6c(c7oc8ccccc8c7c4-5)-c4ccccc4C6(C)C)c4cccc5c4-c4ccccc4C5(C)C)cc2C3(C)C)c(C)c1. The zero-order valence-corrected chi connectivity index (χ0v) is 46.4. The van der Waals surface area contributed by atoms with Gasteiger partial charge in [-0.1, -0.05) is 182 Å². The summed E-state index contributed by atoms with van der Waals surface area (Å²) in [6.45, 7) is 26.2. The summed E-state index contributed by atoms with van der Waals surface area (Å²) in [4.78, 5) is 2.59. The molecule has 3 nitrogen and oxygen atoms in total. The third kappa shape index (κ3) is 5.59. The normalized spacial score (nSPS) is 16.0. The molecule has 0 unspecified atom stereocenters. The highest BCUT2D eigenvalue weighted by atomic mass is 16.3. The molecule has 0 N–H and O–H groups in total. The maximum atomic E-state index is 7.07. The van der Waals surface area contributed by atoms with E-state index in [4.69, 9.17) is 8.83 Å². The van der Waals surface area contributed by atoms with Crippen LogP contribution in [0.2, 0.25) is 0 Å². The number of hydrogen-bond donors (Lipinski definition) is 0. The van der Waals surface area contributed by atoms with Crippen molar-refractivity contribution in [2.24, 2.45) is 0 Å². The van der Waals surface area contributed by atoms with Crippen LogP contribution < -0.4 is 4.90 Å². The predicted octanol–water partition coefficient (Wildman–Crippen LogP) is 20.8. The zero-order valence-electron chi connectivity index (χ0n) is 46.4. The molecule has 3 heteroatoms. The molecule has 378 valence electrons. The number of nitrogens with zero attached hydrogens (tertiary/aromatic N) is 1. The Morgan fingerprint density at radius 2 is 0.808 bits per heavy atom. The van der Waals surface area contributed by atoms with Gasteiger partial charge in [-0.2, -0.15) is 0 Å². The average molecular weight is 1010 g/mol. The van der Waals surface area contributed by atoms with E-state index in [2.05, 4.69) is 251 Å². The molecule has 0 amide bonds. The quantitative estimate of drug-likeness (QED) is 0.176. The van der Waals surface area contributed by atoms with E-state index in [1.165, 1.54) is 139 Å². The van der Waals surface area contributed by atoms with Crippen molar-refractivity contribution >= 4 is 60.9 Å². The van der Waals surface area contributed by atoms with Gasteiger partial charge >= 0.3 is 0 Å². The average Bonchev–Trinajstić information content (AvgIpc) is 3.75. The number of furan rings is 2. The summed E-state index contributed by atoms with van der Waals surface area (Å²) in [5, 5.41) is 4.75. The van der Waals surface area contributed by atoms with Gasteiger partial charge in [-0.15, -0.1) is 0 Å². The van der Waals surface area contributed by atoms with Crippen LogP contribution in [0.4, 0.5) is 17.1 Å². The fourth-order valence-electron chi connectivity index (χ4n) is 16.0. The van der Waals surface area contributed by atoms with Crippen molar-refractivity contribution < 1.29 is 8.83 Å². The molecule has 4 aliphatic rings. The van der Waals surface area contributed by atoms with Crippen LogP contribution in [-0.4, -0.2) is 0 Å². The minimum absolute atomic E-state index is 0.176. The summed E-state index contributed by atoms with van der Waals surface area (Å²) >= 11 is 0. The molecule has 78 heavy (non-hydrogen) atoms. The Morgan fingerprint density at radius 3 is 1.46 bits per heavy atom. The molecule has 12 aromatic rings. The Kier molecular flexibility index (Phi) is 8.80. The van der Waals surface area contributed by atoms with Crippen LogP contribution in [0.1, 0.15) is 117 Å². The first-order valence-corrected chi connectivity index (χ1v) is 28.0. The highest BCUT2D eigenvalue weighted by Crippen LogP contribution is 2.65. The highest BCUT2D eigenvalue weighted by Gasteiger charge is 2.49. The van der Waals surface area contributed by atoms with Crippen molar-refractivity contribution in [3.05, 3.63) is 231 Å². The van der Waals surface area contributed by atoms with Gasteiger partial charge in [0.15, 0.2) is 0 Å². The largest absolute Gasteiger partial charge is 0.455 e. The summed E-state index contributed by atoms with van der Waals surface area (Å²) in [6.07, 6.45) is 0. The van der Waals surface area contributed by atoms with E-state index in [1.807, 2.05) is 0 Å². The third-order valence-electron chi connectivity index (χ3n) is 19.4. The Bertz CT molecular complexity index is 4690. The van der Waals surface area contributed by atoms with Crippen molar-refractivity contribution in [1.29, 1.82) is 0 Å². The molecule has 10 aromatic carbocycles. The van der Waals surface area contributed by atoms with Gasteiger partial charge in [-0.25, -0.2) is 0 Å². The lowest BCUT2D eigenvalue weighted by atomic mass is 9.72. The summed E-state index contributed by atoms with van der Waals surface area (Å²) < 4.78 is 14.1. The Hall–Kier alpha value is -8.40. The molecule has 0 radical (unpaired) electrons. The van der Waals surface area contributed by atoms with Gasteiger partial charge in [0.25, 0.3) is 0 Å². The lowest BCUT2D eigenvalue weighted by Crippen LogP contribution is -2.24. The smallest absolute Gasteiger partial charge is 0.144 e. The summed E-state index contributed by atoms with van der Waals surface area (Å²) in [7, 11) is 0. The van der Waals surface area contributed by atoms with Gasteiger partial charge in [0.2, 0.25) is 0 Å². The summed E-state index contributed by atoms with van der Waals surface area (Å²) in [5.41, 5.74) is 33.5. The van der Waals surface area contributed by atoms with E-state index in [9.17, 15) is 0 Å². The first-order chi connectivity index (χ1) is 37.5. The van der Waals surface area contributed by atoms with Gasteiger partial charge in [-0.05, 0) is 164 Å². The Balaban J connectivity index is 0.955. The number of anilines is 3. The van der Waals surface area contributed by atoms with E-state index < -0.39 is 0 Å². The molecule has 0 atom stereocenters. The van der Waals surface area contributed by atoms with E-state index >= 15 is 0 Å². The minimum atomic E-state index is -0.359. The number of benzene rings is 10. The number of fused-ring (bicyclic) bond motifs is 22. The number of rotatable bonds is 4. The van der Waals surface area contributed by atoms with Crippen LogP contribution in [0, 0.1) is 20.8 Å². The second-order valence-corrected chi connectivity index (χ2v) is 25.3. The second-order valence-electron chi connectivity index (χ2n) is 25.3. The van der Waals surface area contributed by atoms with Gasteiger partial charge in [0.05, 0.1) is 5.69 Å². The predicted molar refractivity (Wildman–Crippen MR) is 326 cm³/mol. The van der Waals surface area contributed by atoms with Crippen molar-refractivity contribution in [2.45, 2.75) is 97.8 Å². The van der Waals surface area contributed by atoms with Crippen molar-refractivity contribution in [1.82, 2.24) is 0 Å². The second kappa shape index (κ2) is 15.0. The summed E-state index contributed by atoms with van der Waals surface area (Å²) in [5.74, 6) is 0. The maximum absolute atomic E-state index is 7.07. The topological polar surface area (TPSA) is 29.5 Å². The fourth-order valence-corrected chi connectivity index (χ4v) is 16.0. The molecule has 16 rings (SSSR count). The first kappa shape index (κ1) is 45.8. The van der Waals surface area contributed by atoms with Crippen molar-refractivity contribution in [3.8, 4) is 55.6 Å². The van der Waals surface area contributed by atoms with Crippen molar-refractivity contribution in [2.75, 3.05) is 4.90 Å². The number of aryl methyl sites for hydroxylation is 3. The lowest BCUT2D eigenvalue weighted by molar-refractivity contribution is 0.600. The van der Waals surface area contributed by atoms with E-state index in [-0.39, 0.29) is 21.7 Å². The van der Waals surface area contributed by atoms with E-state index in [1.54, 1.807) is 0 Å². The molecule has 0 bridgehead atoms. The Labute approximate surface area is 456 Å². The standard InChI is InChI=1S/C75H61NO2/c1-40-35-41(2)61(42(3)36-40)51-39-57-63(65-49-23-14-18-29-59(49)77-70(51)65)47-33-31-43(37-55(47)73(57,6)7)76(58-28-20-27-54-62(58)45-21-12-16-25-52(45)72(54,4)5)44-32-34-48-56(38-44)75(10,11)68-64(48)66-50-24-15-19-30-60(50)78-71(66)67-46-22-13-17-26-53(46)74(8,9)69(67)68/h12-39H,1-11H3. The van der Waals surface area contributed by atoms with Crippen LogP contribution >= 0.6 is 0 Å². The molecular weight excluding hydrogens is 947 g/mol. The fraction of sp³-hybridized carbons (Fsp3) is 0.200. The van der Waals surface area contributed by atoms with Gasteiger partial charge in [0, 0.05) is 71.3 Å². The molecule has 0 fully saturated rings. The van der Waals surface area contributed by atoms with E-state index in [0.717, 1.165) is 39.1 Å². The number of para-hydroxylation sites is 2. The van der Waals surface area contributed by atoms with Crippen LogP contribution in [-0.2, 0) is 21.7 Å². The third-order valence-corrected chi connectivity index (χ3v) is 19.4. The van der Waals surface area contributed by atoms with E-state index in [0.29, 0.717) is 0 Å². The molecule has 0 saturated carbocycles. The molecular formula is C75H61NO2. The van der Waals surface area contributed by atoms with Gasteiger partial charge < -0.3 is 13.7 Å². The lowest BCUT2D eigenvalue weighted by Gasteiger charge is -2.32. The summed E-state index contributed by atoms with van der Waals surface area (Å²) in [6, 6.07) is 64.3. The van der Waals surface area contributed by atoms with Gasteiger partial charge in [-0.3, -0.25) is 0 Å². The highest BCUT2D eigenvalue weighted by molar-refractivity contribution is 6.22. The zero-order chi connectivity index (χ0) is 53.3.